The van der Waals surface area contributed by atoms with Gasteiger partial charge in [-0.05, 0) is 69.1 Å². The Kier molecular flexibility index (Phi) is 9.51. The summed E-state index contributed by atoms with van der Waals surface area (Å²) in [5, 5.41) is 14.7. The van der Waals surface area contributed by atoms with Gasteiger partial charge in [0.15, 0.2) is 0 Å². The number of allylic oxidation sites excluding steroid dienone is 4. The number of carbonyl (C=O) groups is 2. The number of nitrogens with zero attached hydrogens (tertiary/aromatic N) is 2. The molecule has 0 spiro atoms. The van der Waals surface area contributed by atoms with Crippen LogP contribution in [0.3, 0.4) is 0 Å². The van der Waals surface area contributed by atoms with E-state index in [9.17, 15) is 14.7 Å². The Labute approximate surface area is 229 Å². The first kappa shape index (κ1) is 27.8. The van der Waals surface area contributed by atoms with E-state index >= 15 is 0 Å². The molecule has 1 heterocycles. The predicted molar refractivity (Wildman–Crippen MR) is 151 cm³/mol. The normalized spacial score (nSPS) is 21.0. The number of aromatic nitrogens is 2. The Morgan fingerprint density at radius 1 is 1.13 bits per heavy atom. The first-order chi connectivity index (χ1) is 18.3. The van der Waals surface area contributed by atoms with E-state index in [-0.39, 0.29) is 23.7 Å². The fraction of sp³-hybridized carbons (Fsp3) is 0.419. The van der Waals surface area contributed by atoms with E-state index in [1.54, 1.807) is 0 Å². The van der Waals surface area contributed by atoms with Crippen molar-refractivity contribution < 1.29 is 14.7 Å². The second-order valence-corrected chi connectivity index (χ2v) is 10.8. The van der Waals surface area contributed by atoms with Gasteiger partial charge >= 0.3 is 5.97 Å². The molecule has 200 valence electrons. The summed E-state index contributed by atoms with van der Waals surface area (Å²) in [5.41, 5.74) is 4.01. The van der Waals surface area contributed by atoms with Gasteiger partial charge in [0.05, 0.1) is 33.9 Å². The number of hydrogen-bond donors (Lipinski definition) is 2. The molecule has 1 fully saturated rings. The SMILES string of the molecule is CC/C=C(Cl)\C=C/Cc1nc2c(nc1CC1CCC(C(=O)O)C1)=CC(C(=O)NCc1ccc(C)cc1)CC=2. The van der Waals surface area contributed by atoms with Gasteiger partial charge in [0.1, 0.15) is 0 Å². The molecule has 38 heavy (non-hydrogen) atoms. The molecule has 0 saturated heterocycles. The lowest BCUT2D eigenvalue weighted by Crippen LogP contribution is -2.40. The second kappa shape index (κ2) is 13.0. The Morgan fingerprint density at radius 2 is 1.89 bits per heavy atom. The second-order valence-electron chi connectivity index (χ2n) is 10.3. The maximum atomic E-state index is 12.9. The van der Waals surface area contributed by atoms with E-state index in [0.29, 0.717) is 43.7 Å². The molecule has 7 heteroatoms. The third kappa shape index (κ3) is 7.41. The average molecular weight is 534 g/mol. The summed E-state index contributed by atoms with van der Waals surface area (Å²) < 4.78 is 0. The Hall–Kier alpha value is -3.25. The number of halogens is 1. The standard InChI is InChI=1S/C31H36ClN3O3/c1-3-5-25(32)6-4-7-26-28(17-22-12-13-24(16-22)31(37)38)35-29-18-23(14-15-27(29)34-26)30(36)33-19-21-10-8-20(2)9-11-21/h4-6,8-11,15,18,22-24H,3,7,12-14,16-17,19H2,1-2H3,(H,33,36)(H,37,38)/b6-4-,25-5+. The van der Waals surface area contributed by atoms with E-state index in [1.165, 1.54) is 5.56 Å². The summed E-state index contributed by atoms with van der Waals surface area (Å²) in [6.45, 7) is 4.57. The Bertz CT molecular complexity index is 1350. The molecule has 2 aromatic rings. The van der Waals surface area contributed by atoms with Crippen LogP contribution in [0.5, 0.6) is 0 Å². The van der Waals surface area contributed by atoms with Crippen molar-refractivity contribution >= 4 is 35.6 Å². The van der Waals surface area contributed by atoms with Crippen LogP contribution in [0.15, 0.2) is 47.5 Å². The zero-order valence-corrected chi connectivity index (χ0v) is 22.9. The van der Waals surface area contributed by atoms with Gasteiger partial charge in [-0.1, -0.05) is 66.6 Å². The van der Waals surface area contributed by atoms with Crippen molar-refractivity contribution in [3.05, 3.63) is 80.7 Å². The zero-order valence-electron chi connectivity index (χ0n) is 22.1. The number of amides is 1. The molecule has 2 N–H and O–H groups in total. The number of aliphatic carboxylic acids is 1. The van der Waals surface area contributed by atoms with Crippen LogP contribution in [0.2, 0.25) is 0 Å². The van der Waals surface area contributed by atoms with Gasteiger partial charge in [-0.3, -0.25) is 9.59 Å². The maximum Gasteiger partial charge on any atom is 0.306 e. The number of fused-ring (bicyclic) bond motifs is 1. The summed E-state index contributed by atoms with van der Waals surface area (Å²) in [6, 6.07) is 8.13. The fourth-order valence-corrected chi connectivity index (χ4v) is 5.39. The molecule has 0 bridgehead atoms. The number of nitrogens with one attached hydrogen (secondary N) is 1. The number of aryl methyl sites for hydroxylation is 1. The van der Waals surface area contributed by atoms with Crippen molar-refractivity contribution in [2.24, 2.45) is 17.8 Å². The summed E-state index contributed by atoms with van der Waals surface area (Å²) in [6.07, 6.45) is 14.7. The van der Waals surface area contributed by atoms with Crippen molar-refractivity contribution in [1.82, 2.24) is 15.3 Å². The van der Waals surface area contributed by atoms with Crippen molar-refractivity contribution in [2.75, 3.05) is 0 Å². The van der Waals surface area contributed by atoms with Crippen LogP contribution in [0.1, 0.15) is 61.5 Å². The van der Waals surface area contributed by atoms with Gasteiger partial charge in [-0.15, -0.1) is 0 Å². The minimum atomic E-state index is -0.716. The molecule has 2 aliphatic rings. The van der Waals surface area contributed by atoms with Crippen LogP contribution in [0.4, 0.5) is 0 Å². The molecule has 0 aliphatic heterocycles. The molecule has 1 saturated carbocycles. The summed E-state index contributed by atoms with van der Waals surface area (Å²) in [4.78, 5) is 34.3. The quantitative estimate of drug-likeness (QED) is 0.443. The van der Waals surface area contributed by atoms with Gasteiger partial charge in [0, 0.05) is 18.0 Å². The van der Waals surface area contributed by atoms with Gasteiger partial charge in [-0.2, -0.15) is 0 Å². The van der Waals surface area contributed by atoms with Crippen LogP contribution in [-0.2, 0) is 29.0 Å². The van der Waals surface area contributed by atoms with E-state index in [4.69, 9.17) is 21.6 Å². The van der Waals surface area contributed by atoms with Gasteiger partial charge in [0.25, 0.3) is 0 Å². The third-order valence-corrected chi connectivity index (χ3v) is 7.59. The molecule has 1 amide bonds. The number of carboxylic acids is 1. The van der Waals surface area contributed by atoms with Crippen LogP contribution in [-0.4, -0.2) is 27.0 Å². The smallest absolute Gasteiger partial charge is 0.306 e. The Balaban J connectivity index is 1.54. The van der Waals surface area contributed by atoms with Gasteiger partial charge in [0.2, 0.25) is 5.91 Å². The molecular weight excluding hydrogens is 498 g/mol. The van der Waals surface area contributed by atoms with Crippen LogP contribution in [0.25, 0.3) is 12.2 Å². The van der Waals surface area contributed by atoms with Crippen LogP contribution < -0.4 is 16.0 Å². The first-order valence-electron chi connectivity index (χ1n) is 13.5. The highest BCUT2D eigenvalue weighted by Gasteiger charge is 2.30. The zero-order chi connectivity index (χ0) is 27.1. The topological polar surface area (TPSA) is 92.2 Å². The van der Waals surface area contributed by atoms with Gasteiger partial charge in [-0.25, -0.2) is 9.97 Å². The van der Waals surface area contributed by atoms with E-state index < -0.39 is 5.97 Å². The molecule has 4 rings (SSSR count). The molecule has 1 aromatic heterocycles. The lowest BCUT2D eigenvalue weighted by molar-refractivity contribution is -0.141. The molecule has 6 nitrogen and oxygen atoms in total. The lowest BCUT2D eigenvalue weighted by atomic mass is 9.96. The number of carbonyl (C=O) groups excluding carboxylic acids is 1. The number of hydrogen-bond acceptors (Lipinski definition) is 4. The average Bonchev–Trinajstić information content (AvgIpc) is 3.37. The summed E-state index contributed by atoms with van der Waals surface area (Å²) >= 11 is 6.24. The molecular formula is C31H36ClN3O3. The predicted octanol–water partition coefficient (Wildman–Crippen LogP) is 4.36. The highest BCUT2D eigenvalue weighted by molar-refractivity contribution is 6.31. The Morgan fingerprint density at radius 3 is 2.61 bits per heavy atom. The molecule has 1 aromatic carbocycles. The molecule has 0 radical (unpaired) electrons. The van der Waals surface area contributed by atoms with E-state index in [0.717, 1.165) is 40.5 Å². The largest absolute Gasteiger partial charge is 0.481 e. The van der Waals surface area contributed by atoms with Crippen molar-refractivity contribution in [3.63, 3.8) is 0 Å². The third-order valence-electron chi connectivity index (χ3n) is 7.31. The highest BCUT2D eigenvalue weighted by Crippen LogP contribution is 2.33. The minimum Gasteiger partial charge on any atom is -0.481 e. The monoisotopic (exact) mass is 533 g/mol. The molecule has 3 unspecified atom stereocenters. The lowest BCUT2D eigenvalue weighted by Gasteiger charge is -2.16. The summed E-state index contributed by atoms with van der Waals surface area (Å²) in [7, 11) is 0. The number of rotatable bonds is 10. The van der Waals surface area contributed by atoms with E-state index in [2.05, 4.69) is 5.32 Å². The molecule has 2 aliphatic carbocycles. The minimum absolute atomic E-state index is 0.0275. The number of carboxylic acid groups (broad SMARTS) is 1. The van der Waals surface area contributed by atoms with E-state index in [1.807, 2.05) is 68.5 Å². The summed E-state index contributed by atoms with van der Waals surface area (Å²) in [5.74, 6) is -1.07. The number of benzene rings is 1. The first-order valence-corrected chi connectivity index (χ1v) is 13.9. The van der Waals surface area contributed by atoms with Crippen LogP contribution in [0, 0.1) is 24.7 Å². The molecule has 3 atom stereocenters. The van der Waals surface area contributed by atoms with Crippen LogP contribution >= 0.6 is 11.6 Å². The fourth-order valence-electron chi connectivity index (χ4n) is 5.14. The van der Waals surface area contributed by atoms with Crippen molar-refractivity contribution in [3.8, 4) is 0 Å². The van der Waals surface area contributed by atoms with Crippen molar-refractivity contribution in [2.45, 2.75) is 65.3 Å². The highest BCUT2D eigenvalue weighted by atomic mass is 35.5. The maximum absolute atomic E-state index is 12.9. The van der Waals surface area contributed by atoms with Gasteiger partial charge < -0.3 is 10.4 Å². The van der Waals surface area contributed by atoms with Crippen molar-refractivity contribution in [1.29, 1.82) is 0 Å².